The molecule has 1 unspecified atom stereocenters. The van der Waals surface area contributed by atoms with Crippen LogP contribution in [0, 0.1) is 5.92 Å². The van der Waals surface area contributed by atoms with Crippen LogP contribution in [0.25, 0.3) is 0 Å². The van der Waals surface area contributed by atoms with E-state index < -0.39 is 0 Å². The van der Waals surface area contributed by atoms with Gasteiger partial charge in [-0.1, -0.05) is 13.8 Å². The molecule has 0 saturated carbocycles. The summed E-state index contributed by atoms with van der Waals surface area (Å²) in [4.78, 5) is 4.27. The average Bonchev–Trinajstić information content (AvgIpc) is 2.84. The SMILES string of the molecule is CN=C(NCCCOCC(C)C)NCC1(C)CCCS1.I. The third-order valence-electron chi connectivity index (χ3n) is 3.36. The fourth-order valence-electron chi connectivity index (χ4n) is 2.17. The van der Waals surface area contributed by atoms with Gasteiger partial charge in [-0.2, -0.15) is 11.8 Å². The van der Waals surface area contributed by atoms with Gasteiger partial charge in [0.1, 0.15) is 0 Å². The fraction of sp³-hybridized carbons (Fsp3) is 0.933. The number of nitrogens with zero attached hydrogens (tertiary/aromatic N) is 1. The number of nitrogens with one attached hydrogen (secondary N) is 2. The van der Waals surface area contributed by atoms with E-state index in [2.05, 4.69) is 48.2 Å². The number of ether oxygens (including phenoxy) is 1. The van der Waals surface area contributed by atoms with Crippen molar-refractivity contribution in [3.8, 4) is 0 Å². The molecule has 1 saturated heterocycles. The molecule has 4 nitrogen and oxygen atoms in total. The molecular weight excluding hydrogens is 397 g/mol. The van der Waals surface area contributed by atoms with E-state index in [0.717, 1.165) is 38.7 Å². The van der Waals surface area contributed by atoms with Gasteiger partial charge in [-0.05, 0) is 37.9 Å². The Kier molecular flexibility index (Phi) is 12.0. The molecule has 1 aliphatic heterocycles. The van der Waals surface area contributed by atoms with Crippen LogP contribution in [0.4, 0.5) is 0 Å². The van der Waals surface area contributed by atoms with Crippen LogP contribution in [-0.4, -0.2) is 49.8 Å². The summed E-state index contributed by atoms with van der Waals surface area (Å²) in [5.41, 5.74) is 0. The van der Waals surface area contributed by atoms with E-state index in [1.807, 2.05) is 7.05 Å². The minimum Gasteiger partial charge on any atom is -0.381 e. The minimum absolute atomic E-state index is 0. The first-order chi connectivity index (χ1) is 9.56. The molecule has 0 aromatic heterocycles. The van der Waals surface area contributed by atoms with Crippen LogP contribution in [0.2, 0.25) is 0 Å². The molecule has 0 spiro atoms. The lowest BCUT2D eigenvalue weighted by Crippen LogP contribution is -2.44. The number of hydrogen-bond acceptors (Lipinski definition) is 3. The third-order valence-corrected chi connectivity index (χ3v) is 4.90. The van der Waals surface area contributed by atoms with Gasteiger partial charge in [0.15, 0.2) is 5.96 Å². The summed E-state index contributed by atoms with van der Waals surface area (Å²) in [6.45, 7) is 10.2. The molecule has 0 bridgehead atoms. The van der Waals surface area contributed by atoms with Gasteiger partial charge in [-0.25, -0.2) is 0 Å². The molecule has 21 heavy (non-hydrogen) atoms. The van der Waals surface area contributed by atoms with Crippen LogP contribution >= 0.6 is 35.7 Å². The Morgan fingerprint density at radius 3 is 2.71 bits per heavy atom. The third kappa shape index (κ3) is 9.84. The summed E-state index contributed by atoms with van der Waals surface area (Å²) in [5, 5.41) is 6.79. The van der Waals surface area contributed by atoms with Crippen LogP contribution in [0.15, 0.2) is 4.99 Å². The highest BCUT2D eigenvalue weighted by atomic mass is 127. The second kappa shape index (κ2) is 11.8. The van der Waals surface area contributed by atoms with Gasteiger partial charge in [0.25, 0.3) is 0 Å². The Morgan fingerprint density at radius 2 is 2.14 bits per heavy atom. The van der Waals surface area contributed by atoms with E-state index >= 15 is 0 Å². The predicted octanol–water partition coefficient (Wildman–Crippen LogP) is 3.12. The molecule has 0 aromatic rings. The monoisotopic (exact) mass is 429 g/mol. The molecule has 1 rings (SSSR count). The lowest BCUT2D eigenvalue weighted by Gasteiger charge is -2.24. The van der Waals surface area contributed by atoms with Crippen molar-refractivity contribution in [2.24, 2.45) is 10.9 Å². The molecule has 0 aliphatic carbocycles. The summed E-state index contributed by atoms with van der Waals surface area (Å²) in [6.07, 6.45) is 3.65. The van der Waals surface area contributed by atoms with Crippen LogP contribution in [0.3, 0.4) is 0 Å². The normalized spacial score (nSPS) is 22.2. The summed E-state index contributed by atoms with van der Waals surface area (Å²) in [5.74, 6) is 2.81. The van der Waals surface area contributed by atoms with Crippen LogP contribution in [0.1, 0.15) is 40.0 Å². The second-order valence-electron chi connectivity index (χ2n) is 6.08. The van der Waals surface area contributed by atoms with E-state index in [-0.39, 0.29) is 24.0 Å². The highest BCUT2D eigenvalue weighted by Crippen LogP contribution is 2.36. The number of rotatable bonds is 8. The summed E-state index contributed by atoms with van der Waals surface area (Å²) < 4.78 is 5.94. The average molecular weight is 429 g/mol. The van der Waals surface area contributed by atoms with Gasteiger partial charge in [-0.3, -0.25) is 4.99 Å². The van der Waals surface area contributed by atoms with Crippen molar-refractivity contribution in [2.45, 2.75) is 44.8 Å². The van der Waals surface area contributed by atoms with E-state index in [1.54, 1.807) is 0 Å². The molecule has 1 aliphatic rings. The number of guanidine groups is 1. The van der Waals surface area contributed by atoms with Crippen molar-refractivity contribution in [3.63, 3.8) is 0 Å². The molecular formula is C15H32IN3OS. The quantitative estimate of drug-likeness (QED) is 0.269. The molecule has 1 heterocycles. The Labute approximate surface area is 151 Å². The van der Waals surface area contributed by atoms with E-state index in [4.69, 9.17) is 4.74 Å². The molecule has 126 valence electrons. The molecule has 0 amide bonds. The van der Waals surface area contributed by atoms with E-state index in [0.29, 0.717) is 10.7 Å². The Morgan fingerprint density at radius 1 is 1.38 bits per heavy atom. The smallest absolute Gasteiger partial charge is 0.191 e. The number of halogens is 1. The lowest BCUT2D eigenvalue weighted by atomic mass is 10.1. The Bertz CT molecular complexity index is 295. The van der Waals surface area contributed by atoms with Gasteiger partial charge in [-0.15, -0.1) is 24.0 Å². The van der Waals surface area contributed by atoms with Gasteiger partial charge < -0.3 is 15.4 Å². The van der Waals surface area contributed by atoms with Crippen molar-refractivity contribution < 1.29 is 4.74 Å². The molecule has 0 radical (unpaired) electrons. The van der Waals surface area contributed by atoms with Crippen molar-refractivity contribution in [3.05, 3.63) is 0 Å². The van der Waals surface area contributed by atoms with Gasteiger partial charge in [0.2, 0.25) is 0 Å². The largest absolute Gasteiger partial charge is 0.381 e. The zero-order valence-corrected chi connectivity index (χ0v) is 17.1. The van der Waals surface area contributed by atoms with Crippen molar-refractivity contribution in [1.29, 1.82) is 0 Å². The second-order valence-corrected chi connectivity index (χ2v) is 7.76. The zero-order chi connectivity index (χ0) is 14.8. The predicted molar refractivity (Wildman–Crippen MR) is 105 cm³/mol. The van der Waals surface area contributed by atoms with Crippen molar-refractivity contribution >= 4 is 41.7 Å². The molecule has 1 atom stereocenters. The molecule has 1 fully saturated rings. The van der Waals surface area contributed by atoms with Crippen molar-refractivity contribution in [1.82, 2.24) is 10.6 Å². The standard InChI is InChI=1S/C15H31N3OS.HI/c1-13(2)11-19-9-6-8-17-14(16-4)18-12-15(3)7-5-10-20-15;/h13H,5-12H2,1-4H3,(H2,16,17,18);1H. The van der Waals surface area contributed by atoms with Gasteiger partial charge in [0, 0.05) is 38.1 Å². The molecule has 0 aromatic carbocycles. The van der Waals surface area contributed by atoms with Gasteiger partial charge in [0.05, 0.1) is 0 Å². The maximum atomic E-state index is 5.56. The first kappa shape index (κ1) is 21.3. The number of thioether (sulfide) groups is 1. The van der Waals surface area contributed by atoms with Crippen LogP contribution in [0.5, 0.6) is 0 Å². The molecule has 6 heteroatoms. The minimum atomic E-state index is 0. The first-order valence-electron chi connectivity index (χ1n) is 7.72. The maximum Gasteiger partial charge on any atom is 0.191 e. The summed E-state index contributed by atoms with van der Waals surface area (Å²) >= 11 is 2.07. The number of hydrogen-bond donors (Lipinski definition) is 2. The first-order valence-corrected chi connectivity index (χ1v) is 8.70. The maximum absolute atomic E-state index is 5.56. The van der Waals surface area contributed by atoms with Crippen LogP contribution < -0.4 is 10.6 Å². The van der Waals surface area contributed by atoms with E-state index in [9.17, 15) is 0 Å². The van der Waals surface area contributed by atoms with E-state index in [1.165, 1.54) is 18.6 Å². The Hall–Kier alpha value is 0.310. The van der Waals surface area contributed by atoms with Crippen molar-refractivity contribution in [2.75, 3.05) is 39.1 Å². The molecule has 2 N–H and O–H groups in total. The topological polar surface area (TPSA) is 45.7 Å². The highest BCUT2D eigenvalue weighted by Gasteiger charge is 2.29. The lowest BCUT2D eigenvalue weighted by molar-refractivity contribution is 0.108. The fourth-order valence-corrected chi connectivity index (χ4v) is 3.41. The highest BCUT2D eigenvalue weighted by molar-refractivity contribution is 14.0. The zero-order valence-electron chi connectivity index (χ0n) is 13.9. The Balaban J connectivity index is 0.00000400. The van der Waals surface area contributed by atoms with Crippen LogP contribution in [-0.2, 0) is 4.74 Å². The number of aliphatic imine (C=N–C) groups is 1. The van der Waals surface area contributed by atoms with Gasteiger partial charge >= 0.3 is 0 Å². The summed E-state index contributed by atoms with van der Waals surface area (Å²) in [6, 6.07) is 0. The summed E-state index contributed by atoms with van der Waals surface area (Å²) in [7, 11) is 1.83.